The van der Waals surface area contributed by atoms with Crippen molar-refractivity contribution < 1.29 is 4.79 Å². The standard InChI is InChI=1S/C16H26N2O/c1-12(2)8-7-11-18-16(19)13(3)15(17)14-9-5-4-6-10-14/h4-6,9-10,12-13,15H,7-8,11,17H2,1-3H3,(H,18,19). The molecule has 0 saturated carbocycles. The van der Waals surface area contributed by atoms with E-state index >= 15 is 0 Å². The van der Waals surface area contributed by atoms with Crippen LogP contribution in [0.4, 0.5) is 0 Å². The third kappa shape index (κ3) is 5.43. The van der Waals surface area contributed by atoms with E-state index in [1.165, 1.54) is 0 Å². The Bertz CT molecular complexity index is 376. The first-order chi connectivity index (χ1) is 9.02. The molecule has 0 fully saturated rings. The molecule has 0 aromatic heterocycles. The van der Waals surface area contributed by atoms with E-state index < -0.39 is 0 Å². The van der Waals surface area contributed by atoms with Crippen molar-refractivity contribution in [3.63, 3.8) is 0 Å². The Balaban J connectivity index is 2.40. The molecule has 0 spiro atoms. The normalized spacial score (nSPS) is 14.2. The molecular weight excluding hydrogens is 236 g/mol. The Kier molecular flexibility index (Phi) is 6.57. The van der Waals surface area contributed by atoms with Crippen LogP contribution in [0.15, 0.2) is 30.3 Å². The van der Waals surface area contributed by atoms with Crippen molar-refractivity contribution in [1.82, 2.24) is 5.32 Å². The minimum atomic E-state index is -0.244. The highest BCUT2D eigenvalue weighted by atomic mass is 16.1. The van der Waals surface area contributed by atoms with E-state index in [9.17, 15) is 4.79 Å². The van der Waals surface area contributed by atoms with Crippen molar-refractivity contribution in [2.24, 2.45) is 17.6 Å². The van der Waals surface area contributed by atoms with Gasteiger partial charge in [-0.2, -0.15) is 0 Å². The van der Waals surface area contributed by atoms with Crippen molar-refractivity contribution in [2.45, 2.75) is 39.7 Å². The molecule has 0 aliphatic carbocycles. The number of nitrogens with one attached hydrogen (secondary N) is 1. The smallest absolute Gasteiger partial charge is 0.224 e. The minimum Gasteiger partial charge on any atom is -0.356 e. The fourth-order valence-corrected chi connectivity index (χ4v) is 2.01. The van der Waals surface area contributed by atoms with Crippen LogP contribution >= 0.6 is 0 Å². The lowest BCUT2D eigenvalue weighted by atomic mass is 9.94. The quantitative estimate of drug-likeness (QED) is 0.742. The van der Waals surface area contributed by atoms with Crippen LogP contribution in [0.5, 0.6) is 0 Å². The van der Waals surface area contributed by atoms with Gasteiger partial charge in [-0.25, -0.2) is 0 Å². The molecule has 1 rings (SSSR count). The van der Waals surface area contributed by atoms with E-state index in [-0.39, 0.29) is 17.9 Å². The molecule has 0 saturated heterocycles. The molecule has 2 atom stereocenters. The molecule has 1 aromatic rings. The Morgan fingerprint density at radius 2 is 1.84 bits per heavy atom. The third-order valence-corrected chi connectivity index (χ3v) is 3.39. The molecule has 3 N–H and O–H groups in total. The first-order valence-corrected chi connectivity index (χ1v) is 7.10. The summed E-state index contributed by atoms with van der Waals surface area (Å²) in [4.78, 5) is 12.0. The van der Waals surface area contributed by atoms with Gasteiger partial charge >= 0.3 is 0 Å². The second-order valence-corrected chi connectivity index (χ2v) is 5.55. The highest BCUT2D eigenvalue weighted by Crippen LogP contribution is 2.18. The van der Waals surface area contributed by atoms with E-state index in [1.807, 2.05) is 37.3 Å². The zero-order chi connectivity index (χ0) is 14.3. The van der Waals surface area contributed by atoms with Crippen molar-refractivity contribution >= 4 is 5.91 Å². The van der Waals surface area contributed by atoms with E-state index in [0.717, 1.165) is 24.9 Å². The Labute approximate surface area is 116 Å². The van der Waals surface area contributed by atoms with E-state index in [2.05, 4.69) is 19.2 Å². The van der Waals surface area contributed by atoms with Gasteiger partial charge in [-0.15, -0.1) is 0 Å². The Hall–Kier alpha value is -1.35. The summed E-state index contributed by atoms with van der Waals surface area (Å²) in [6.45, 7) is 7.00. The summed E-state index contributed by atoms with van der Waals surface area (Å²) in [6.07, 6.45) is 2.16. The maximum Gasteiger partial charge on any atom is 0.224 e. The minimum absolute atomic E-state index is 0.0418. The van der Waals surface area contributed by atoms with Gasteiger partial charge in [0.15, 0.2) is 0 Å². The predicted octanol–water partition coefficient (Wildman–Crippen LogP) is 2.87. The Morgan fingerprint density at radius 3 is 2.42 bits per heavy atom. The van der Waals surface area contributed by atoms with Gasteiger partial charge in [0.1, 0.15) is 0 Å². The summed E-state index contributed by atoms with van der Waals surface area (Å²) >= 11 is 0. The molecule has 3 nitrogen and oxygen atoms in total. The summed E-state index contributed by atoms with van der Waals surface area (Å²) in [5.74, 6) is 0.516. The van der Waals surface area contributed by atoms with Crippen LogP contribution in [0.25, 0.3) is 0 Å². The molecule has 0 radical (unpaired) electrons. The highest BCUT2D eigenvalue weighted by Gasteiger charge is 2.21. The van der Waals surface area contributed by atoms with Gasteiger partial charge < -0.3 is 11.1 Å². The SMILES string of the molecule is CC(C)CCCNC(=O)C(C)C(N)c1ccccc1. The molecule has 1 aromatic carbocycles. The van der Waals surface area contributed by atoms with Crippen molar-refractivity contribution in [3.8, 4) is 0 Å². The lowest BCUT2D eigenvalue weighted by molar-refractivity contribution is -0.125. The van der Waals surface area contributed by atoms with Crippen LogP contribution in [-0.2, 0) is 4.79 Å². The number of hydrogen-bond donors (Lipinski definition) is 2. The van der Waals surface area contributed by atoms with Crippen LogP contribution in [0, 0.1) is 11.8 Å². The van der Waals surface area contributed by atoms with E-state index in [4.69, 9.17) is 5.73 Å². The fraction of sp³-hybridized carbons (Fsp3) is 0.562. The fourth-order valence-electron chi connectivity index (χ4n) is 2.01. The van der Waals surface area contributed by atoms with Gasteiger partial charge in [0, 0.05) is 12.6 Å². The van der Waals surface area contributed by atoms with Crippen LogP contribution in [0.3, 0.4) is 0 Å². The largest absolute Gasteiger partial charge is 0.356 e. The van der Waals surface area contributed by atoms with Gasteiger partial charge in [-0.3, -0.25) is 4.79 Å². The monoisotopic (exact) mass is 262 g/mol. The average Bonchev–Trinajstić information content (AvgIpc) is 2.42. The van der Waals surface area contributed by atoms with Gasteiger partial charge in [-0.1, -0.05) is 51.1 Å². The number of nitrogens with two attached hydrogens (primary N) is 1. The number of rotatable bonds is 7. The molecule has 0 aliphatic heterocycles. The number of carbonyl (C=O) groups is 1. The summed E-state index contributed by atoms with van der Waals surface area (Å²) in [6, 6.07) is 9.53. The molecule has 0 heterocycles. The summed E-state index contributed by atoms with van der Waals surface area (Å²) in [5.41, 5.74) is 7.14. The van der Waals surface area contributed by atoms with Gasteiger partial charge in [0.2, 0.25) is 5.91 Å². The zero-order valence-corrected chi connectivity index (χ0v) is 12.2. The molecule has 106 valence electrons. The third-order valence-electron chi connectivity index (χ3n) is 3.39. The van der Waals surface area contributed by atoms with Crippen LogP contribution in [0.2, 0.25) is 0 Å². The first kappa shape index (κ1) is 15.7. The molecule has 2 unspecified atom stereocenters. The van der Waals surface area contributed by atoms with Crippen LogP contribution in [0.1, 0.15) is 45.2 Å². The first-order valence-electron chi connectivity index (χ1n) is 7.10. The maximum absolute atomic E-state index is 12.0. The van der Waals surface area contributed by atoms with Crippen molar-refractivity contribution in [2.75, 3.05) is 6.54 Å². The van der Waals surface area contributed by atoms with Crippen LogP contribution < -0.4 is 11.1 Å². The zero-order valence-electron chi connectivity index (χ0n) is 12.2. The number of carbonyl (C=O) groups excluding carboxylic acids is 1. The van der Waals surface area contributed by atoms with E-state index in [1.54, 1.807) is 0 Å². The summed E-state index contributed by atoms with van der Waals surface area (Å²) in [7, 11) is 0. The second kappa shape index (κ2) is 7.95. The van der Waals surface area contributed by atoms with Crippen molar-refractivity contribution in [3.05, 3.63) is 35.9 Å². The van der Waals surface area contributed by atoms with Gasteiger partial charge in [0.05, 0.1) is 5.92 Å². The molecule has 0 bridgehead atoms. The lowest BCUT2D eigenvalue weighted by Crippen LogP contribution is -2.36. The summed E-state index contributed by atoms with van der Waals surface area (Å²) < 4.78 is 0. The van der Waals surface area contributed by atoms with Crippen molar-refractivity contribution in [1.29, 1.82) is 0 Å². The Morgan fingerprint density at radius 1 is 1.21 bits per heavy atom. The second-order valence-electron chi connectivity index (χ2n) is 5.55. The van der Waals surface area contributed by atoms with E-state index in [0.29, 0.717) is 5.92 Å². The van der Waals surface area contributed by atoms with Crippen LogP contribution in [-0.4, -0.2) is 12.5 Å². The molecular formula is C16H26N2O. The molecule has 19 heavy (non-hydrogen) atoms. The average molecular weight is 262 g/mol. The number of hydrogen-bond acceptors (Lipinski definition) is 2. The molecule has 0 aliphatic rings. The van der Waals surface area contributed by atoms with Gasteiger partial charge in [0.25, 0.3) is 0 Å². The molecule has 1 amide bonds. The summed E-state index contributed by atoms with van der Waals surface area (Å²) in [5, 5.41) is 2.97. The van der Waals surface area contributed by atoms with Gasteiger partial charge in [-0.05, 0) is 24.3 Å². The predicted molar refractivity (Wildman–Crippen MR) is 79.6 cm³/mol. The number of benzene rings is 1. The number of amides is 1. The maximum atomic E-state index is 12.0. The highest BCUT2D eigenvalue weighted by molar-refractivity contribution is 5.79. The lowest BCUT2D eigenvalue weighted by Gasteiger charge is -2.20. The molecule has 3 heteroatoms. The topological polar surface area (TPSA) is 55.1 Å².